The molecular weight excluding hydrogens is 687 g/mol. The van der Waals surface area contributed by atoms with Gasteiger partial charge in [-0.3, -0.25) is 9.69 Å². The predicted molar refractivity (Wildman–Crippen MR) is 223 cm³/mol. The number of benzene rings is 3. The van der Waals surface area contributed by atoms with Gasteiger partial charge in [0.15, 0.2) is 0 Å². The molecule has 0 N–H and O–H groups in total. The molecule has 7 heteroatoms. The number of hydrogen-bond donors (Lipinski definition) is 0. The van der Waals surface area contributed by atoms with Gasteiger partial charge in [-0.25, -0.2) is 4.79 Å². The second-order valence-electron chi connectivity index (χ2n) is 17.8. The summed E-state index contributed by atoms with van der Waals surface area (Å²) in [5, 5.41) is 2.40. The Morgan fingerprint density at radius 2 is 1.44 bits per heavy atom. The lowest BCUT2D eigenvalue weighted by molar-refractivity contribution is -0.132. The summed E-state index contributed by atoms with van der Waals surface area (Å²) in [5.74, 6) is -0.00497. The van der Waals surface area contributed by atoms with Crippen molar-refractivity contribution in [3.8, 4) is 0 Å². The molecule has 0 unspecified atom stereocenters. The molecule has 0 radical (unpaired) electrons. The van der Waals surface area contributed by atoms with Crippen molar-refractivity contribution >= 4 is 30.6 Å². The summed E-state index contributed by atoms with van der Waals surface area (Å²) in [6.07, 6.45) is 10.4. The Kier molecular flexibility index (Phi) is 14.4. The lowest BCUT2D eigenvalue weighted by Crippen LogP contribution is -2.67. The highest BCUT2D eigenvalue weighted by Gasteiger charge is 2.58. The van der Waals surface area contributed by atoms with Gasteiger partial charge in [-0.05, 0) is 86.7 Å². The van der Waals surface area contributed by atoms with Gasteiger partial charge in [0, 0.05) is 18.4 Å². The molecule has 54 heavy (non-hydrogen) atoms. The van der Waals surface area contributed by atoms with Crippen molar-refractivity contribution < 1.29 is 23.5 Å². The van der Waals surface area contributed by atoms with Gasteiger partial charge in [0.1, 0.15) is 11.4 Å². The minimum Gasteiger partial charge on any atom is -0.444 e. The molecule has 0 bridgehead atoms. The highest BCUT2D eigenvalue weighted by atomic mass is 28.4. The van der Waals surface area contributed by atoms with E-state index < -0.39 is 19.5 Å². The van der Waals surface area contributed by atoms with Crippen molar-refractivity contribution in [3.63, 3.8) is 0 Å². The molecule has 5 rings (SSSR count). The third-order valence-electron chi connectivity index (χ3n) is 11.8. The SMILES string of the molecule is CCCCCC[C@@H](CC[C@@H]1C(=O)CCC[C@]12CC[C@@H](COCc1ccccc1)N2C(=O)OC(C)(C)C)O[Si](c1ccccc1)(c1ccccc1)C(C)(C)C. The summed E-state index contributed by atoms with van der Waals surface area (Å²) < 4.78 is 20.2. The maximum absolute atomic E-state index is 14.3. The molecule has 3 aromatic carbocycles. The van der Waals surface area contributed by atoms with E-state index in [0.29, 0.717) is 26.1 Å². The Labute approximate surface area is 327 Å². The summed E-state index contributed by atoms with van der Waals surface area (Å²) in [7, 11) is -2.82. The fourth-order valence-electron chi connectivity index (χ4n) is 9.31. The zero-order valence-electron chi connectivity index (χ0n) is 34.3. The van der Waals surface area contributed by atoms with Gasteiger partial charge in [-0.1, -0.05) is 144 Å². The smallest absolute Gasteiger partial charge is 0.411 e. The van der Waals surface area contributed by atoms with E-state index in [4.69, 9.17) is 13.9 Å². The number of carbonyl (C=O) groups excluding carboxylic acids is 2. The van der Waals surface area contributed by atoms with Gasteiger partial charge < -0.3 is 13.9 Å². The van der Waals surface area contributed by atoms with Gasteiger partial charge in [0.25, 0.3) is 8.32 Å². The van der Waals surface area contributed by atoms with Crippen molar-refractivity contribution in [1.82, 2.24) is 4.90 Å². The molecule has 3 aromatic rings. The van der Waals surface area contributed by atoms with Crippen LogP contribution in [0.4, 0.5) is 4.79 Å². The van der Waals surface area contributed by atoms with E-state index in [-0.39, 0.29) is 35.0 Å². The van der Waals surface area contributed by atoms with E-state index in [1.165, 1.54) is 29.6 Å². The van der Waals surface area contributed by atoms with Crippen LogP contribution in [-0.4, -0.2) is 55.0 Å². The summed E-state index contributed by atoms with van der Waals surface area (Å²) in [4.78, 5) is 30.5. The first-order valence-corrected chi connectivity index (χ1v) is 22.7. The fraction of sp³-hybridized carbons (Fsp3) is 0.574. The Balaban J connectivity index is 1.47. The molecule has 1 saturated heterocycles. The molecule has 1 aliphatic heterocycles. The molecular formula is C47H67NO5Si. The summed E-state index contributed by atoms with van der Waals surface area (Å²) in [5.41, 5.74) is -0.147. The van der Waals surface area contributed by atoms with Gasteiger partial charge in [0.2, 0.25) is 0 Å². The first-order chi connectivity index (χ1) is 25.8. The summed E-state index contributed by atoms with van der Waals surface area (Å²) in [6, 6.07) is 31.8. The number of ketones is 1. The van der Waals surface area contributed by atoms with Gasteiger partial charge in [-0.15, -0.1) is 0 Å². The Morgan fingerprint density at radius 1 is 0.833 bits per heavy atom. The number of nitrogens with zero attached hydrogens (tertiary/aromatic N) is 1. The van der Waals surface area contributed by atoms with E-state index >= 15 is 0 Å². The predicted octanol–water partition coefficient (Wildman–Crippen LogP) is 10.4. The van der Waals surface area contributed by atoms with E-state index in [0.717, 1.165) is 50.5 Å². The van der Waals surface area contributed by atoms with Crippen LogP contribution in [-0.2, 0) is 25.3 Å². The molecule has 2 fully saturated rings. The molecule has 1 amide bonds. The van der Waals surface area contributed by atoms with Crippen LogP contribution in [0, 0.1) is 5.92 Å². The molecule has 1 saturated carbocycles. The van der Waals surface area contributed by atoms with Crippen LogP contribution >= 0.6 is 0 Å². The van der Waals surface area contributed by atoms with Crippen LogP contribution in [0.5, 0.6) is 0 Å². The topological polar surface area (TPSA) is 65.1 Å². The standard InChI is InChI=1S/C47H67NO5Si/c1-8-9-10-16-24-39(53-54(46(5,6)7,40-25-17-12-18-26-40)41-27-19-13-20-28-41)30-31-42-43(49)29-21-33-47(42)34-32-38(48(47)44(50)52-45(2,3)4)36-51-35-37-22-14-11-15-23-37/h11-15,17-20,22-23,25-28,38-39,42H,8-10,16,21,24,29-36H2,1-7H3/t38-,39-,42+,47-/m0/s1. The number of rotatable bonds is 16. The second kappa shape index (κ2) is 18.6. The number of likely N-dealkylation sites (tertiary alicyclic amines) is 1. The number of unbranched alkanes of at least 4 members (excludes halogenated alkanes) is 3. The second-order valence-corrected chi connectivity index (χ2v) is 22.1. The highest BCUT2D eigenvalue weighted by molar-refractivity contribution is 6.99. The molecule has 2 aliphatic rings. The van der Waals surface area contributed by atoms with Crippen LogP contribution in [0.25, 0.3) is 0 Å². The molecule has 1 heterocycles. The number of carbonyl (C=O) groups is 2. The highest BCUT2D eigenvalue weighted by Crippen LogP contribution is 2.49. The number of hydrogen-bond acceptors (Lipinski definition) is 5. The van der Waals surface area contributed by atoms with E-state index in [9.17, 15) is 9.59 Å². The minimum absolute atomic E-state index is 0.0266. The monoisotopic (exact) mass is 753 g/mol. The molecule has 0 aromatic heterocycles. The number of amides is 1. The fourth-order valence-corrected chi connectivity index (χ4v) is 14.1. The zero-order valence-corrected chi connectivity index (χ0v) is 35.3. The minimum atomic E-state index is -2.82. The van der Waals surface area contributed by atoms with Crippen molar-refractivity contribution in [2.75, 3.05) is 6.61 Å². The average Bonchev–Trinajstić information content (AvgIpc) is 3.49. The van der Waals surface area contributed by atoms with E-state index in [2.05, 4.69) is 100 Å². The average molecular weight is 754 g/mol. The lowest BCUT2D eigenvalue weighted by Gasteiger charge is -2.49. The molecule has 294 valence electrons. The van der Waals surface area contributed by atoms with Crippen LogP contribution < -0.4 is 10.4 Å². The van der Waals surface area contributed by atoms with Crippen LogP contribution in [0.1, 0.15) is 131 Å². The lowest BCUT2D eigenvalue weighted by atomic mass is 9.68. The maximum Gasteiger partial charge on any atom is 0.411 e. The van der Waals surface area contributed by atoms with Gasteiger partial charge >= 0.3 is 6.09 Å². The molecule has 1 aliphatic carbocycles. The molecule has 6 nitrogen and oxygen atoms in total. The van der Waals surface area contributed by atoms with Gasteiger partial charge in [-0.2, -0.15) is 0 Å². The summed E-state index contributed by atoms with van der Waals surface area (Å²) in [6.45, 7) is 15.9. The van der Waals surface area contributed by atoms with Crippen LogP contribution in [0.3, 0.4) is 0 Å². The van der Waals surface area contributed by atoms with E-state index in [1.54, 1.807) is 0 Å². The van der Waals surface area contributed by atoms with Crippen molar-refractivity contribution in [2.24, 2.45) is 5.92 Å². The third kappa shape index (κ3) is 9.93. The Bertz CT molecular complexity index is 1560. The largest absolute Gasteiger partial charge is 0.444 e. The Morgan fingerprint density at radius 3 is 2.02 bits per heavy atom. The van der Waals surface area contributed by atoms with Crippen LogP contribution in [0.15, 0.2) is 91.0 Å². The normalized spacial score (nSPS) is 21.4. The van der Waals surface area contributed by atoms with E-state index in [1.807, 2.05) is 43.9 Å². The van der Waals surface area contributed by atoms with Gasteiger partial charge in [0.05, 0.1) is 24.8 Å². The number of Topliss-reactive ketones (excluding diaryl/α,β-unsaturated/α-hetero) is 1. The Hall–Kier alpha value is -3.26. The van der Waals surface area contributed by atoms with Crippen molar-refractivity contribution in [2.45, 2.75) is 160 Å². The molecule has 4 atom stereocenters. The first kappa shape index (κ1) is 41.9. The summed E-state index contributed by atoms with van der Waals surface area (Å²) >= 11 is 0. The first-order valence-electron chi connectivity index (χ1n) is 20.8. The number of ether oxygens (including phenoxy) is 2. The molecule has 1 spiro atoms. The van der Waals surface area contributed by atoms with Crippen LogP contribution in [0.2, 0.25) is 5.04 Å². The zero-order chi connectivity index (χ0) is 38.8. The third-order valence-corrected chi connectivity index (χ3v) is 16.8. The maximum atomic E-state index is 14.3. The van der Waals surface area contributed by atoms with Crippen molar-refractivity contribution in [3.05, 3.63) is 96.6 Å². The quantitative estimate of drug-likeness (QED) is 0.108. The van der Waals surface area contributed by atoms with Crippen molar-refractivity contribution in [1.29, 1.82) is 0 Å².